The van der Waals surface area contributed by atoms with Gasteiger partial charge in [0.05, 0.1) is 17.0 Å². The van der Waals surface area contributed by atoms with Gasteiger partial charge in [0.2, 0.25) is 15.9 Å². The van der Waals surface area contributed by atoms with E-state index in [1.54, 1.807) is 22.6 Å². The van der Waals surface area contributed by atoms with Crippen molar-refractivity contribution in [3.8, 4) is 5.88 Å². The van der Waals surface area contributed by atoms with Crippen LogP contribution in [0.2, 0.25) is 0 Å². The number of pyridine rings is 1. The molecule has 0 aliphatic carbocycles. The summed E-state index contributed by atoms with van der Waals surface area (Å²) in [7, 11) is -3.51. The SMILES string of the molecule is Cc1ccc(S(=O)(=O)N2CCCC2c2ccc(OC(C)C)nc2)cc1. The van der Waals surface area contributed by atoms with E-state index in [0.29, 0.717) is 17.3 Å². The van der Waals surface area contributed by atoms with Gasteiger partial charge in [-0.2, -0.15) is 4.31 Å². The molecule has 1 unspecified atom stereocenters. The number of rotatable bonds is 5. The first-order valence-corrected chi connectivity index (χ1v) is 10.0. The molecule has 6 heteroatoms. The summed E-state index contributed by atoms with van der Waals surface area (Å²) in [6.45, 7) is 6.37. The van der Waals surface area contributed by atoms with Gasteiger partial charge in [-0.05, 0) is 51.3 Å². The Bertz CT molecular complexity index is 815. The summed E-state index contributed by atoms with van der Waals surface area (Å²) in [6, 6.07) is 10.6. The van der Waals surface area contributed by atoms with Crippen LogP contribution < -0.4 is 4.74 Å². The summed E-state index contributed by atoms with van der Waals surface area (Å²) in [5.74, 6) is 0.560. The molecule has 1 aliphatic heterocycles. The molecule has 0 radical (unpaired) electrons. The Morgan fingerprint density at radius 1 is 1.16 bits per heavy atom. The number of benzene rings is 1. The second-order valence-corrected chi connectivity index (χ2v) is 8.57. The minimum absolute atomic E-state index is 0.0586. The lowest BCUT2D eigenvalue weighted by Crippen LogP contribution is -2.30. The molecule has 134 valence electrons. The molecule has 5 nitrogen and oxygen atoms in total. The molecule has 0 saturated carbocycles. The smallest absolute Gasteiger partial charge is 0.243 e. The van der Waals surface area contributed by atoms with Crippen LogP contribution in [0, 0.1) is 6.92 Å². The van der Waals surface area contributed by atoms with Crippen molar-refractivity contribution in [1.82, 2.24) is 9.29 Å². The van der Waals surface area contributed by atoms with Gasteiger partial charge in [0.25, 0.3) is 0 Å². The number of aromatic nitrogens is 1. The first kappa shape index (κ1) is 17.9. The summed E-state index contributed by atoms with van der Waals surface area (Å²) < 4.78 is 33.2. The van der Waals surface area contributed by atoms with Crippen molar-refractivity contribution in [2.75, 3.05) is 6.54 Å². The van der Waals surface area contributed by atoms with Gasteiger partial charge in [-0.1, -0.05) is 23.8 Å². The lowest BCUT2D eigenvalue weighted by atomic mass is 10.1. The normalized spacial score (nSPS) is 18.6. The topological polar surface area (TPSA) is 59.5 Å². The van der Waals surface area contributed by atoms with Gasteiger partial charge in [0.1, 0.15) is 0 Å². The quantitative estimate of drug-likeness (QED) is 0.816. The van der Waals surface area contributed by atoms with Gasteiger partial charge in [-0.3, -0.25) is 0 Å². The molecule has 1 aliphatic rings. The third-order valence-electron chi connectivity index (χ3n) is 4.33. The van der Waals surface area contributed by atoms with Gasteiger partial charge in [-0.25, -0.2) is 13.4 Å². The molecule has 1 fully saturated rings. The molecule has 0 spiro atoms. The molecule has 0 bridgehead atoms. The van der Waals surface area contributed by atoms with Crippen LogP contribution in [0.25, 0.3) is 0 Å². The summed E-state index contributed by atoms with van der Waals surface area (Å²) in [5, 5.41) is 0. The van der Waals surface area contributed by atoms with E-state index in [9.17, 15) is 8.42 Å². The molecule has 25 heavy (non-hydrogen) atoms. The van der Waals surface area contributed by atoms with Gasteiger partial charge in [-0.15, -0.1) is 0 Å². The molecule has 0 amide bonds. The van der Waals surface area contributed by atoms with Crippen LogP contribution in [0.4, 0.5) is 0 Å². The standard InChI is InChI=1S/C19H24N2O3S/c1-14(2)24-19-11-8-16(13-20-19)18-5-4-12-21(18)25(22,23)17-9-6-15(3)7-10-17/h6-11,13-14,18H,4-5,12H2,1-3H3. The minimum Gasteiger partial charge on any atom is -0.475 e. The lowest BCUT2D eigenvalue weighted by Gasteiger charge is -2.24. The van der Waals surface area contributed by atoms with Crippen molar-refractivity contribution in [3.63, 3.8) is 0 Å². The van der Waals surface area contributed by atoms with Crippen molar-refractivity contribution in [3.05, 3.63) is 53.7 Å². The maximum atomic E-state index is 13.0. The number of hydrogen-bond donors (Lipinski definition) is 0. The fourth-order valence-electron chi connectivity index (χ4n) is 3.11. The first-order valence-electron chi connectivity index (χ1n) is 8.59. The van der Waals surface area contributed by atoms with Crippen LogP contribution in [-0.4, -0.2) is 30.4 Å². The van der Waals surface area contributed by atoms with E-state index in [1.165, 1.54) is 0 Å². The van der Waals surface area contributed by atoms with Crippen LogP contribution in [0.3, 0.4) is 0 Å². The Kier molecular flexibility index (Phi) is 5.11. The molecule has 3 rings (SSSR count). The highest BCUT2D eigenvalue weighted by Crippen LogP contribution is 2.36. The summed E-state index contributed by atoms with van der Waals surface area (Å²) in [6.07, 6.45) is 3.44. The predicted molar refractivity (Wildman–Crippen MR) is 97.0 cm³/mol. The Morgan fingerprint density at radius 2 is 1.88 bits per heavy atom. The Labute approximate surface area is 149 Å². The largest absolute Gasteiger partial charge is 0.475 e. The van der Waals surface area contributed by atoms with Crippen LogP contribution >= 0.6 is 0 Å². The summed E-state index contributed by atoms with van der Waals surface area (Å²) in [4.78, 5) is 4.67. The third kappa shape index (κ3) is 3.85. The zero-order valence-corrected chi connectivity index (χ0v) is 15.7. The molecule has 1 saturated heterocycles. The van der Waals surface area contributed by atoms with E-state index in [-0.39, 0.29) is 12.1 Å². The van der Waals surface area contributed by atoms with Gasteiger partial charge >= 0.3 is 0 Å². The molecule has 1 aromatic heterocycles. The Morgan fingerprint density at radius 3 is 2.48 bits per heavy atom. The van der Waals surface area contributed by atoms with Crippen molar-refractivity contribution in [2.45, 2.75) is 50.7 Å². The molecule has 0 N–H and O–H groups in total. The third-order valence-corrected chi connectivity index (χ3v) is 6.25. The number of sulfonamides is 1. The molecule has 2 aromatic rings. The van der Waals surface area contributed by atoms with E-state index in [4.69, 9.17) is 4.74 Å². The summed E-state index contributed by atoms with van der Waals surface area (Å²) >= 11 is 0. The first-order chi connectivity index (χ1) is 11.9. The van der Waals surface area contributed by atoms with E-state index in [2.05, 4.69) is 4.98 Å². The predicted octanol–water partition coefficient (Wildman–Crippen LogP) is 3.70. The van der Waals surface area contributed by atoms with Crippen LogP contribution in [0.1, 0.15) is 43.9 Å². The van der Waals surface area contributed by atoms with Crippen LogP contribution in [0.5, 0.6) is 5.88 Å². The number of nitrogens with zero attached hydrogens (tertiary/aromatic N) is 2. The monoisotopic (exact) mass is 360 g/mol. The van der Waals surface area contributed by atoms with Gasteiger partial charge in [0, 0.05) is 18.8 Å². The molecular formula is C19H24N2O3S. The zero-order valence-electron chi connectivity index (χ0n) is 14.8. The molecular weight excluding hydrogens is 336 g/mol. The van der Waals surface area contributed by atoms with E-state index < -0.39 is 10.0 Å². The van der Waals surface area contributed by atoms with Crippen molar-refractivity contribution < 1.29 is 13.2 Å². The van der Waals surface area contributed by atoms with Crippen molar-refractivity contribution in [2.24, 2.45) is 0 Å². The second-order valence-electron chi connectivity index (χ2n) is 6.68. The maximum absolute atomic E-state index is 13.0. The van der Waals surface area contributed by atoms with E-state index in [1.807, 2.05) is 45.0 Å². The summed E-state index contributed by atoms with van der Waals surface area (Å²) in [5.41, 5.74) is 1.95. The average Bonchev–Trinajstić information content (AvgIpc) is 3.06. The minimum atomic E-state index is -3.51. The van der Waals surface area contributed by atoms with Gasteiger partial charge < -0.3 is 4.74 Å². The van der Waals surface area contributed by atoms with Crippen LogP contribution in [0.15, 0.2) is 47.5 Å². The Balaban J connectivity index is 1.86. The highest BCUT2D eigenvalue weighted by atomic mass is 32.2. The fourth-order valence-corrected chi connectivity index (χ4v) is 4.79. The average molecular weight is 360 g/mol. The Hall–Kier alpha value is -1.92. The highest BCUT2D eigenvalue weighted by molar-refractivity contribution is 7.89. The van der Waals surface area contributed by atoms with Crippen molar-refractivity contribution >= 4 is 10.0 Å². The van der Waals surface area contributed by atoms with Crippen LogP contribution in [-0.2, 0) is 10.0 Å². The van der Waals surface area contributed by atoms with Gasteiger partial charge in [0.15, 0.2) is 0 Å². The number of hydrogen-bond acceptors (Lipinski definition) is 4. The number of aryl methyl sites for hydroxylation is 1. The molecule has 1 aromatic carbocycles. The molecule has 2 heterocycles. The van der Waals surface area contributed by atoms with E-state index in [0.717, 1.165) is 24.0 Å². The second kappa shape index (κ2) is 7.14. The maximum Gasteiger partial charge on any atom is 0.243 e. The molecule has 1 atom stereocenters. The van der Waals surface area contributed by atoms with E-state index >= 15 is 0 Å². The number of ether oxygens (including phenoxy) is 1. The highest BCUT2D eigenvalue weighted by Gasteiger charge is 2.36. The fraction of sp³-hybridized carbons (Fsp3) is 0.421. The lowest BCUT2D eigenvalue weighted by molar-refractivity contribution is 0.232. The zero-order chi connectivity index (χ0) is 18.0. The van der Waals surface area contributed by atoms with Crippen molar-refractivity contribution in [1.29, 1.82) is 0 Å².